The first kappa shape index (κ1) is 24.7. The molecule has 0 spiro atoms. The molecule has 34 heavy (non-hydrogen) atoms. The Kier molecular flexibility index (Phi) is 8.18. The Hall–Kier alpha value is -3.95. The average molecular weight is 455 g/mol. The predicted octanol–water partition coefficient (Wildman–Crippen LogP) is 4.37. The van der Waals surface area contributed by atoms with E-state index in [1.165, 1.54) is 0 Å². The van der Waals surface area contributed by atoms with Gasteiger partial charge in [0.15, 0.2) is 0 Å². The van der Waals surface area contributed by atoms with Crippen molar-refractivity contribution in [2.45, 2.75) is 26.8 Å². The Labute approximate surface area is 201 Å². The molecule has 0 aliphatic carbocycles. The van der Waals surface area contributed by atoms with Gasteiger partial charge in [-0.05, 0) is 59.5 Å². The zero-order valence-corrected chi connectivity index (χ0v) is 19.6. The number of rotatable bonds is 9. The fourth-order valence-corrected chi connectivity index (χ4v) is 3.55. The van der Waals surface area contributed by atoms with Crippen molar-refractivity contribution in [2.24, 2.45) is 11.1 Å². The lowest BCUT2D eigenvalue weighted by atomic mass is 9.92. The van der Waals surface area contributed by atoms with Gasteiger partial charge in [0.25, 0.3) is 5.91 Å². The second-order valence-corrected chi connectivity index (χ2v) is 9.13. The van der Waals surface area contributed by atoms with Gasteiger partial charge >= 0.3 is 0 Å². The highest BCUT2D eigenvalue weighted by Gasteiger charge is 2.25. The van der Waals surface area contributed by atoms with E-state index in [1.807, 2.05) is 68.4 Å². The fourth-order valence-electron chi connectivity index (χ4n) is 3.55. The van der Waals surface area contributed by atoms with Crippen molar-refractivity contribution < 1.29 is 9.59 Å². The first-order valence-corrected chi connectivity index (χ1v) is 11.2. The molecule has 3 aromatic carbocycles. The second-order valence-electron chi connectivity index (χ2n) is 9.13. The van der Waals surface area contributed by atoms with Gasteiger partial charge in [-0.1, -0.05) is 56.3 Å². The maximum absolute atomic E-state index is 13.3. The average Bonchev–Trinajstić information content (AvgIpc) is 2.85. The van der Waals surface area contributed by atoms with Gasteiger partial charge in [0.05, 0.1) is 18.1 Å². The number of hydrogen-bond donors (Lipinski definition) is 2. The van der Waals surface area contributed by atoms with Crippen LogP contribution in [0.1, 0.15) is 40.9 Å². The zero-order chi connectivity index (χ0) is 24.6. The van der Waals surface area contributed by atoms with Crippen LogP contribution < -0.4 is 11.1 Å². The van der Waals surface area contributed by atoms with Crippen LogP contribution in [0.25, 0.3) is 0 Å². The molecule has 3 rings (SSSR count). The summed E-state index contributed by atoms with van der Waals surface area (Å²) in [5.41, 5.74) is 9.31. The Morgan fingerprint density at radius 1 is 0.941 bits per heavy atom. The van der Waals surface area contributed by atoms with Crippen molar-refractivity contribution in [1.29, 1.82) is 5.26 Å². The lowest BCUT2D eigenvalue weighted by molar-refractivity contribution is -0.115. The molecule has 2 amide bonds. The SMILES string of the molecule is CC(C)(CN)CN(Cc1ccc(NC(=O)Cc2ccccc2)cc1)C(=O)c1ccc(C#N)cc1. The summed E-state index contributed by atoms with van der Waals surface area (Å²) in [7, 11) is 0. The molecule has 0 aromatic heterocycles. The summed E-state index contributed by atoms with van der Waals surface area (Å²) < 4.78 is 0. The molecule has 0 saturated carbocycles. The minimum Gasteiger partial charge on any atom is -0.334 e. The molecule has 0 bridgehead atoms. The number of hydrogen-bond acceptors (Lipinski definition) is 4. The largest absolute Gasteiger partial charge is 0.334 e. The lowest BCUT2D eigenvalue weighted by Gasteiger charge is -2.32. The van der Waals surface area contributed by atoms with Gasteiger partial charge in [-0.25, -0.2) is 0 Å². The van der Waals surface area contributed by atoms with Gasteiger partial charge in [0, 0.05) is 24.3 Å². The quantitative estimate of drug-likeness (QED) is 0.502. The summed E-state index contributed by atoms with van der Waals surface area (Å²) in [5.74, 6) is -0.201. The van der Waals surface area contributed by atoms with Crippen molar-refractivity contribution in [2.75, 3.05) is 18.4 Å². The van der Waals surface area contributed by atoms with E-state index in [-0.39, 0.29) is 17.2 Å². The van der Waals surface area contributed by atoms with Crippen LogP contribution in [0, 0.1) is 16.7 Å². The van der Waals surface area contributed by atoms with E-state index in [9.17, 15) is 9.59 Å². The molecular formula is C28H30N4O2. The molecular weight excluding hydrogens is 424 g/mol. The Morgan fingerprint density at radius 3 is 2.18 bits per heavy atom. The lowest BCUT2D eigenvalue weighted by Crippen LogP contribution is -2.41. The van der Waals surface area contributed by atoms with Gasteiger partial charge in [-0.2, -0.15) is 5.26 Å². The van der Waals surface area contributed by atoms with Gasteiger partial charge in [-0.15, -0.1) is 0 Å². The molecule has 0 aliphatic rings. The first-order chi connectivity index (χ1) is 16.3. The van der Waals surface area contributed by atoms with E-state index >= 15 is 0 Å². The third kappa shape index (κ3) is 7.03. The van der Waals surface area contributed by atoms with E-state index in [1.54, 1.807) is 29.2 Å². The summed E-state index contributed by atoms with van der Waals surface area (Å²) in [5, 5.41) is 11.9. The van der Waals surface area contributed by atoms with Crippen LogP contribution in [0.3, 0.4) is 0 Å². The van der Waals surface area contributed by atoms with Crippen molar-refractivity contribution in [3.05, 3.63) is 101 Å². The molecule has 6 heteroatoms. The standard InChI is InChI=1S/C28H30N4O2/c1-28(2,19-30)20-32(27(34)24-12-8-22(17-29)9-13-24)18-23-10-14-25(15-11-23)31-26(33)16-21-6-4-3-5-7-21/h3-15H,16,18-20,30H2,1-2H3,(H,31,33). The first-order valence-electron chi connectivity index (χ1n) is 11.2. The van der Waals surface area contributed by atoms with E-state index in [2.05, 4.69) is 11.4 Å². The van der Waals surface area contributed by atoms with Gasteiger partial charge in [0.1, 0.15) is 0 Å². The van der Waals surface area contributed by atoms with Crippen LogP contribution in [-0.2, 0) is 17.8 Å². The van der Waals surface area contributed by atoms with Gasteiger partial charge in [-0.3, -0.25) is 9.59 Å². The summed E-state index contributed by atoms with van der Waals surface area (Å²) >= 11 is 0. The van der Waals surface area contributed by atoms with Crippen LogP contribution >= 0.6 is 0 Å². The second kappa shape index (κ2) is 11.3. The molecule has 6 nitrogen and oxygen atoms in total. The van der Waals surface area contributed by atoms with Crippen molar-refractivity contribution in [3.63, 3.8) is 0 Å². The Balaban J connectivity index is 1.70. The number of nitrogens with zero attached hydrogens (tertiary/aromatic N) is 2. The van der Waals surface area contributed by atoms with E-state index in [4.69, 9.17) is 11.0 Å². The molecule has 3 N–H and O–H groups in total. The number of carbonyl (C=O) groups is 2. The molecule has 0 unspecified atom stereocenters. The predicted molar refractivity (Wildman–Crippen MR) is 134 cm³/mol. The van der Waals surface area contributed by atoms with Crippen LogP contribution in [-0.4, -0.2) is 29.8 Å². The number of nitrogens with one attached hydrogen (secondary N) is 1. The third-order valence-electron chi connectivity index (χ3n) is 5.54. The number of carbonyl (C=O) groups excluding carboxylic acids is 2. The van der Waals surface area contributed by atoms with Crippen molar-refractivity contribution >= 4 is 17.5 Å². The van der Waals surface area contributed by atoms with Gasteiger partial charge in [0.2, 0.25) is 5.91 Å². The summed E-state index contributed by atoms with van der Waals surface area (Å²) in [6.45, 7) is 5.38. The Bertz CT molecular complexity index is 1150. The summed E-state index contributed by atoms with van der Waals surface area (Å²) in [6, 6.07) is 25.8. The summed E-state index contributed by atoms with van der Waals surface area (Å²) in [4.78, 5) is 27.4. The maximum Gasteiger partial charge on any atom is 0.254 e. The number of benzene rings is 3. The number of anilines is 1. The van der Waals surface area contributed by atoms with E-state index in [0.29, 0.717) is 42.9 Å². The van der Waals surface area contributed by atoms with Crippen molar-refractivity contribution in [3.8, 4) is 6.07 Å². The topological polar surface area (TPSA) is 99.2 Å². The molecule has 0 radical (unpaired) electrons. The van der Waals surface area contributed by atoms with Crippen LogP contribution in [0.4, 0.5) is 5.69 Å². The smallest absolute Gasteiger partial charge is 0.254 e. The van der Waals surface area contributed by atoms with Crippen LogP contribution in [0.2, 0.25) is 0 Å². The highest BCUT2D eigenvalue weighted by atomic mass is 16.2. The zero-order valence-electron chi connectivity index (χ0n) is 19.6. The molecule has 0 heterocycles. The highest BCUT2D eigenvalue weighted by Crippen LogP contribution is 2.21. The van der Waals surface area contributed by atoms with E-state index < -0.39 is 0 Å². The minimum atomic E-state index is -0.256. The van der Waals surface area contributed by atoms with Crippen LogP contribution in [0.15, 0.2) is 78.9 Å². The van der Waals surface area contributed by atoms with Crippen LogP contribution in [0.5, 0.6) is 0 Å². The number of nitriles is 1. The molecule has 3 aromatic rings. The third-order valence-corrected chi connectivity index (χ3v) is 5.54. The molecule has 0 atom stereocenters. The van der Waals surface area contributed by atoms with E-state index in [0.717, 1.165) is 11.1 Å². The Morgan fingerprint density at radius 2 is 1.59 bits per heavy atom. The minimum absolute atomic E-state index is 0.0822. The fraction of sp³-hybridized carbons (Fsp3) is 0.250. The normalized spacial score (nSPS) is 10.9. The van der Waals surface area contributed by atoms with Crippen molar-refractivity contribution in [1.82, 2.24) is 4.90 Å². The monoisotopic (exact) mass is 454 g/mol. The molecule has 174 valence electrons. The molecule has 0 saturated heterocycles. The number of amides is 2. The highest BCUT2D eigenvalue weighted by molar-refractivity contribution is 5.94. The summed E-state index contributed by atoms with van der Waals surface area (Å²) in [6.07, 6.45) is 0.309. The van der Waals surface area contributed by atoms with Gasteiger partial charge < -0.3 is 16.0 Å². The number of nitrogens with two attached hydrogens (primary N) is 1. The molecule has 0 aliphatic heterocycles. The molecule has 0 fully saturated rings. The maximum atomic E-state index is 13.3.